The van der Waals surface area contributed by atoms with Crippen LogP contribution in [0.2, 0.25) is 0 Å². The predicted molar refractivity (Wildman–Crippen MR) is 49.0 cm³/mol. The number of carbonyl (C=O) groups excluding carboxylic acids is 1. The summed E-state index contributed by atoms with van der Waals surface area (Å²) in [4.78, 5) is 14.9. The zero-order valence-electron chi connectivity index (χ0n) is 7.84. The average molecular weight is 168 g/mol. The molecule has 1 fully saturated rings. The summed E-state index contributed by atoms with van der Waals surface area (Å²) in [5, 5.41) is 0. The van der Waals surface area contributed by atoms with Gasteiger partial charge in [0.25, 0.3) is 0 Å². The zero-order valence-corrected chi connectivity index (χ0v) is 7.84. The molecule has 0 N–H and O–H groups in total. The van der Waals surface area contributed by atoms with E-state index >= 15 is 0 Å². The minimum absolute atomic E-state index is 0.113. The van der Waals surface area contributed by atoms with Crippen LogP contribution in [0.25, 0.3) is 0 Å². The lowest BCUT2D eigenvalue weighted by Crippen LogP contribution is -2.42. The molecule has 0 aliphatic carbocycles. The molecule has 0 unspecified atom stereocenters. The Hall–Kier alpha value is -0.990. The molecule has 0 aromatic carbocycles. The number of likely N-dealkylation sites (tertiary alicyclic amines) is 1. The first-order valence-corrected chi connectivity index (χ1v) is 4.24. The van der Waals surface area contributed by atoms with Crippen LogP contribution in [0.1, 0.15) is 12.8 Å². The van der Waals surface area contributed by atoms with E-state index in [1.165, 1.54) is 5.57 Å². The minimum atomic E-state index is 0.113. The van der Waals surface area contributed by atoms with Gasteiger partial charge < -0.3 is 9.80 Å². The first kappa shape index (κ1) is 9.10. The zero-order chi connectivity index (χ0) is 9.14. The molecular formula is C9H16N2O. The summed E-state index contributed by atoms with van der Waals surface area (Å²) >= 11 is 0. The van der Waals surface area contributed by atoms with Gasteiger partial charge in [0.15, 0.2) is 0 Å². The Kier molecular flexibility index (Phi) is 2.74. The predicted octanol–water partition coefficient (Wildman–Crippen LogP) is 1.32. The second-order valence-corrected chi connectivity index (χ2v) is 3.41. The maximum Gasteiger partial charge on any atom is 0.319 e. The third-order valence-corrected chi connectivity index (χ3v) is 2.12. The number of amides is 2. The van der Waals surface area contributed by atoms with E-state index in [4.69, 9.17) is 0 Å². The first-order valence-electron chi connectivity index (χ1n) is 4.24. The van der Waals surface area contributed by atoms with Gasteiger partial charge in [0.2, 0.25) is 0 Å². The van der Waals surface area contributed by atoms with E-state index in [1.807, 2.05) is 4.90 Å². The molecule has 2 amide bonds. The molecule has 1 aliphatic rings. The van der Waals surface area contributed by atoms with Crippen LogP contribution in [-0.4, -0.2) is 43.0 Å². The maximum absolute atomic E-state index is 11.4. The van der Waals surface area contributed by atoms with Crippen molar-refractivity contribution < 1.29 is 4.79 Å². The molecule has 0 saturated carbocycles. The van der Waals surface area contributed by atoms with Crippen molar-refractivity contribution in [3.63, 3.8) is 0 Å². The standard InChI is InChI=1S/C9H16N2O/c1-8-4-6-11(7-5-8)9(12)10(2)3/h1,4-7H2,2-3H3. The van der Waals surface area contributed by atoms with Gasteiger partial charge in [0.1, 0.15) is 0 Å². The van der Waals surface area contributed by atoms with E-state index in [2.05, 4.69) is 6.58 Å². The summed E-state index contributed by atoms with van der Waals surface area (Å²) in [5.41, 5.74) is 1.26. The van der Waals surface area contributed by atoms with Crippen molar-refractivity contribution in [3.05, 3.63) is 12.2 Å². The number of rotatable bonds is 0. The summed E-state index contributed by atoms with van der Waals surface area (Å²) in [6.07, 6.45) is 1.92. The number of piperidine rings is 1. The summed E-state index contributed by atoms with van der Waals surface area (Å²) in [6.45, 7) is 5.56. The van der Waals surface area contributed by atoms with E-state index in [9.17, 15) is 4.79 Å². The summed E-state index contributed by atoms with van der Waals surface area (Å²) in [6, 6.07) is 0.113. The number of nitrogens with zero attached hydrogens (tertiary/aromatic N) is 2. The van der Waals surface area contributed by atoms with E-state index in [-0.39, 0.29) is 6.03 Å². The lowest BCUT2D eigenvalue weighted by Gasteiger charge is -2.30. The Bertz CT molecular complexity index is 189. The lowest BCUT2D eigenvalue weighted by atomic mass is 10.1. The quantitative estimate of drug-likeness (QED) is 0.500. The number of urea groups is 1. The van der Waals surface area contributed by atoms with Gasteiger partial charge >= 0.3 is 6.03 Å². The van der Waals surface area contributed by atoms with Crippen LogP contribution in [0.15, 0.2) is 12.2 Å². The Morgan fingerprint density at radius 2 is 1.92 bits per heavy atom. The first-order chi connectivity index (χ1) is 5.61. The van der Waals surface area contributed by atoms with Gasteiger partial charge in [0.05, 0.1) is 0 Å². The van der Waals surface area contributed by atoms with Crippen molar-refractivity contribution in [2.75, 3.05) is 27.2 Å². The van der Waals surface area contributed by atoms with Gasteiger partial charge in [-0.3, -0.25) is 0 Å². The lowest BCUT2D eigenvalue weighted by molar-refractivity contribution is 0.167. The highest BCUT2D eigenvalue weighted by Gasteiger charge is 2.18. The van der Waals surface area contributed by atoms with E-state index in [0.717, 1.165) is 25.9 Å². The fraction of sp³-hybridized carbons (Fsp3) is 0.667. The van der Waals surface area contributed by atoms with Crippen LogP contribution in [-0.2, 0) is 0 Å². The molecular weight excluding hydrogens is 152 g/mol. The van der Waals surface area contributed by atoms with Crippen molar-refractivity contribution >= 4 is 6.03 Å². The van der Waals surface area contributed by atoms with Gasteiger partial charge in [0, 0.05) is 27.2 Å². The van der Waals surface area contributed by atoms with Gasteiger partial charge in [-0.05, 0) is 12.8 Å². The SMILES string of the molecule is C=C1CCN(C(=O)N(C)C)CC1. The highest BCUT2D eigenvalue weighted by molar-refractivity contribution is 5.74. The van der Waals surface area contributed by atoms with Gasteiger partial charge in [-0.25, -0.2) is 4.79 Å². The molecule has 1 aliphatic heterocycles. The van der Waals surface area contributed by atoms with Crippen molar-refractivity contribution in [1.82, 2.24) is 9.80 Å². The Labute approximate surface area is 73.6 Å². The fourth-order valence-corrected chi connectivity index (χ4v) is 1.30. The van der Waals surface area contributed by atoms with E-state index in [0.29, 0.717) is 0 Å². The molecule has 1 rings (SSSR count). The molecule has 3 nitrogen and oxygen atoms in total. The van der Waals surface area contributed by atoms with E-state index < -0.39 is 0 Å². The smallest absolute Gasteiger partial charge is 0.319 e. The average Bonchev–Trinajstić information content (AvgIpc) is 2.04. The van der Waals surface area contributed by atoms with Crippen LogP contribution in [0.3, 0.4) is 0 Å². The molecule has 1 heterocycles. The number of hydrogen-bond acceptors (Lipinski definition) is 1. The van der Waals surface area contributed by atoms with Gasteiger partial charge in [-0.1, -0.05) is 12.2 Å². The molecule has 1 saturated heterocycles. The molecule has 68 valence electrons. The summed E-state index contributed by atoms with van der Waals surface area (Å²) < 4.78 is 0. The number of carbonyl (C=O) groups is 1. The molecule has 0 atom stereocenters. The van der Waals surface area contributed by atoms with Crippen LogP contribution in [0.4, 0.5) is 4.79 Å². The highest BCUT2D eigenvalue weighted by Crippen LogP contribution is 2.14. The Morgan fingerprint density at radius 1 is 1.42 bits per heavy atom. The minimum Gasteiger partial charge on any atom is -0.331 e. The Balaban J connectivity index is 2.44. The van der Waals surface area contributed by atoms with Crippen molar-refractivity contribution in [2.24, 2.45) is 0 Å². The fourth-order valence-electron chi connectivity index (χ4n) is 1.30. The number of hydrogen-bond donors (Lipinski definition) is 0. The van der Waals surface area contributed by atoms with Crippen LogP contribution >= 0.6 is 0 Å². The second kappa shape index (κ2) is 3.61. The summed E-state index contributed by atoms with van der Waals surface area (Å²) in [7, 11) is 3.57. The molecule has 0 spiro atoms. The van der Waals surface area contributed by atoms with Crippen molar-refractivity contribution in [1.29, 1.82) is 0 Å². The van der Waals surface area contributed by atoms with Crippen LogP contribution in [0, 0.1) is 0 Å². The molecule has 0 aromatic heterocycles. The van der Waals surface area contributed by atoms with Gasteiger partial charge in [-0.15, -0.1) is 0 Å². The van der Waals surface area contributed by atoms with E-state index in [1.54, 1.807) is 19.0 Å². The van der Waals surface area contributed by atoms with Crippen LogP contribution in [0.5, 0.6) is 0 Å². The van der Waals surface area contributed by atoms with Gasteiger partial charge in [-0.2, -0.15) is 0 Å². The second-order valence-electron chi connectivity index (χ2n) is 3.41. The normalized spacial score (nSPS) is 17.8. The molecule has 3 heteroatoms. The van der Waals surface area contributed by atoms with Crippen molar-refractivity contribution in [3.8, 4) is 0 Å². The molecule has 12 heavy (non-hydrogen) atoms. The summed E-state index contributed by atoms with van der Waals surface area (Å²) in [5.74, 6) is 0. The Morgan fingerprint density at radius 3 is 2.33 bits per heavy atom. The third kappa shape index (κ3) is 2.00. The highest BCUT2D eigenvalue weighted by atomic mass is 16.2. The molecule has 0 aromatic rings. The molecule has 0 radical (unpaired) electrons. The monoisotopic (exact) mass is 168 g/mol. The topological polar surface area (TPSA) is 23.6 Å². The van der Waals surface area contributed by atoms with Crippen LogP contribution < -0.4 is 0 Å². The van der Waals surface area contributed by atoms with Crippen molar-refractivity contribution in [2.45, 2.75) is 12.8 Å². The largest absolute Gasteiger partial charge is 0.331 e. The maximum atomic E-state index is 11.4. The molecule has 0 bridgehead atoms. The third-order valence-electron chi connectivity index (χ3n) is 2.12.